The van der Waals surface area contributed by atoms with Crippen molar-refractivity contribution >= 4 is 21.6 Å². The summed E-state index contributed by atoms with van der Waals surface area (Å²) in [5.41, 5.74) is 2.47. The van der Waals surface area contributed by atoms with Gasteiger partial charge in [0.2, 0.25) is 5.91 Å². The maximum absolute atomic E-state index is 13.4. The van der Waals surface area contributed by atoms with Gasteiger partial charge in [-0.1, -0.05) is 42.8 Å². The number of hydrogen-bond donors (Lipinski definition) is 0. The summed E-state index contributed by atoms with van der Waals surface area (Å²) in [6, 6.07) is 14.2. The van der Waals surface area contributed by atoms with Gasteiger partial charge in [0.25, 0.3) is 10.0 Å². The minimum Gasteiger partial charge on any atom is -0.341 e. The molecule has 0 N–H and O–H groups in total. The van der Waals surface area contributed by atoms with E-state index >= 15 is 0 Å². The monoisotopic (exact) mass is 386 g/mol. The number of sulfonamides is 1. The van der Waals surface area contributed by atoms with Crippen LogP contribution in [0.1, 0.15) is 30.9 Å². The van der Waals surface area contributed by atoms with Crippen molar-refractivity contribution in [1.29, 1.82) is 0 Å². The van der Waals surface area contributed by atoms with Crippen LogP contribution in [-0.2, 0) is 21.2 Å². The Kier molecular flexibility index (Phi) is 5.85. The second kappa shape index (κ2) is 8.13. The Morgan fingerprint density at radius 2 is 1.67 bits per heavy atom. The van der Waals surface area contributed by atoms with Crippen LogP contribution in [0.25, 0.3) is 0 Å². The number of aryl methyl sites for hydroxylation is 2. The molecule has 2 aromatic rings. The normalized spacial score (nSPS) is 14.4. The zero-order valence-corrected chi connectivity index (χ0v) is 16.7. The van der Waals surface area contributed by atoms with E-state index in [1.807, 2.05) is 32.0 Å². The first-order chi connectivity index (χ1) is 12.9. The van der Waals surface area contributed by atoms with Crippen molar-refractivity contribution in [3.8, 4) is 0 Å². The molecule has 1 fully saturated rings. The summed E-state index contributed by atoms with van der Waals surface area (Å²) in [4.78, 5) is 14.7. The molecule has 0 radical (unpaired) electrons. The fraction of sp³-hybridized carbons (Fsp3) is 0.381. The van der Waals surface area contributed by atoms with Gasteiger partial charge < -0.3 is 4.90 Å². The molecule has 0 bridgehead atoms. The number of rotatable bonds is 6. The first-order valence-corrected chi connectivity index (χ1v) is 10.8. The summed E-state index contributed by atoms with van der Waals surface area (Å²) in [5.74, 6) is -0.144. The van der Waals surface area contributed by atoms with Crippen LogP contribution in [0.2, 0.25) is 0 Å². The van der Waals surface area contributed by atoms with Crippen molar-refractivity contribution < 1.29 is 13.2 Å². The van der Waals surface area contributed by atoms with E-state index in [-0.39, 0.29) is 17.3 Å². The standard InChI is InChI=1S/C21H26N2O3S/c1-3-18-8-4-5-9-20(18)23(16-21(24)22-14-6-7-15-22)27(25,26)19-12-10-17(2)11-13-19/h4-5,8-13H,3,6-7,14-16H2,1-2H3. The third-order valence-corrected chi connectivity index (χ3v) is 6.76. The molecule has 27 heavy (non-hydrogen) atoms. The van der Waals surface area contributed by atoms with Crippen LogP contribution < -0.4 is 4.31 Å². The number of likely N-dealkylation sites (tertiary alicyclic amines) is 1. The molecule has 1 aliphatic heterocycles. The van der Waals surface area contributed by atoms with Gasteiger partial charge in [0, 0.05) is 13.1 Å². The summed E-state index contributed by atoms with van der Waals surface area (Å²) >= 11 is 0. The molecule has 1 amide bonds. The number of para-hydroxylation sites is 1. The van der Waals surface area contributed by atoms with E-state index < -0.39 is 10.0 Å². The molecule has 3 rings (SSSR count). The molecule has 0 unspecified atom stereocenters. The molecule has 5 nitrogen and oxygen atoms in total. The third-order valence-electron chi connectivity index (χ3n) is 4.99. The van der Waals surface area contributed by atoms with Gasteiger partial charge in [-0.25, -0.2) is 8.42 Å². The minimum absolute atomic E-state index is 0.144. The van der Waals surface area contributed by atoms with Crippen LogP contribution in [0.15, 0.2) is 53.4 Å². The Morgan fingerprint density at radius 1 is 1.04 bits per heavy atom. The van der Waals surface area contributed by atoms with E-state index in [9.17, 15) is 13.2 Å². The Bertz CT molecular complexity index is 901. The number of amides is 1. The average molecular weight is 387 g/mol. The molecular formula is C21H26N2O3S. The first kappa shape index (κ1) is 19.4. The highest BCUT2D eigenvalue weighted by atomic mass is 32.2. The average Bonchev–Trinajstić information content (AvgIpc) is 3.21. The van der Waals surface area contributed by atoms with Crippen LogP contribution in [0, 0.1) is 6.92 Å². The lowest BCUT2D eigenvalue weighted by molar-refractivity contribution is -0.128. The molecule has 1 saturated heterocycles. The molecule has 0 atom stereocenters. The van der Waals surface area contributed by atoms with Gasteiger partial charge in [-0.15, -0.1) is 0 Å². The van der Waals surface area contributed by atoms with Crippen LogP contribution >= 0.6 is 0 Å². The zero-order chi connectivity index (χ0) is 19.4. The van der Waals surface area contributed by atoms with Gasteiger partial charge in [-0.3, -0.25) is 9.10 Å². The SMILES string of the molecule is CCc1ccccc1N(CC(=O)N1CCCC1)S(=O)(=O)c1ccc(C)cc1. The third kappa shape index (κ3) is 4.16. The van der Waals surface area contributed by atoms with Gasteiger partial charge in [0.15, 0.2) is 0 Å². The van der Waals surface area contributed by atoms with Gasteiger partial charge in [-0.05, 0) is 49.9 Å². The lowest BCUT2D eigenvalue weighted by Crippen LogP contribution is -2.42. The predicted octanol–water partition coefficient (Wildman–Crippen LogP) is 3.38. The fourth-order valence-electron chi connectivity index (χ4n) is 3.38. The van der Waals surface area contributed by atoms with E-state index in [1.54, 1.807) is 35.2 Å². The predicted molar refractivity (Wildman–Crippen MR) is 107 cm³/mol. The number of hydrogen-bond acceptors (Lipinski definition) is 3. The maximum atomic E-state index is 13.4. The molecule has 2 aromatic carbocycles. The highest BCUT2D eigenvalue weighted by Gasteiger charge is 2.30. The van der Waals surface area contributed by atoms with E-state index in [2.05, 4.69) is 0 Å². The molecule has 1 heterocycles. The second-order valence-electron chi connectivity index (χ2n) is 6.89. The van der Waals surface area contributed by atoms with E-state index in [0.29, 0.717) is 25.2 Å². The van der Waals surface area contributed by atoms with Crippen molar-refractivity contribution in [2.24, 2.45) is 0 Å². The fourth-order valence-corrected chi connectivity index (χ4v) is 4.83. The van der Waals surface area contributed by atoms with Crippen molar-refractivity contribution in [3.63, 3.8) is 0 Å². The molecule has 0 aliphatic carbocycles. The van der Waals surface area contributed by atoms with Gasteiger partial charge in [-0.2, -0.15) is 0 Å². The lowest BCUT2D eigenvalue weighted by atomic mass is 10.1. The molecular weight excluding hydrogens is 360 g/mol. The van der Waals surface area contributed by atoms with Crippen molar-refractivity contribution in [1.82, 2.24) is 4.90 Å². The number of carbonyl (C=O) groups is 1. The number of nitrogens with zero attached hydrogens (tertiary/aromatic N) is 2. The summed E-state index contributed by atoms with van der Waals surface area (Å²) in [6.07, 6.45) is 2.64. The van der Waals surface area contributed by atoms with Gasteiger partial charge in [0.05, 0.1) is 10.6 Å². The lowest BCUT2D eigenvalue weighted by Gasteiger charge is -2.28. The van der Waals surface area contributed by atoms with E-state index in [4.69, 9.17) is 0 Å². The van der Waals surface area contributed by atoms with Gasteiger partial charge >= 0.3 is 0 Å². The number of anilines is 1. The Morgan fingerprint density at radius 3 is 2.30 bits per heavy atom. The second-order valence-corrected chi connectivity index (χ2v) is 8.76. The van der Waals surface area contributed by atoms with Crippen LogP contribution in [0.4, 0.5) is 5.69 Å². The maximum Gasteiger partial charge on any atom is 0.264 e. The molecule has 0 aromatic heterocycles. The Hall–Kier alpha value is -2.34. The Balaban J connectivity index is 2.03. The van der Waals surface area contributed by atoms with Crippen molar-refractivity contribution in [2.45, 2.75) is 38.0 Å². The summed E-state index contributed by atoms with van der Waals surface area (Å²) in [5, 5.41) is 0. The zero-order valence-electron chi connectivity index (χ0n) is 15.9. The number of carbonyl (C=O) groups excluding carboxylic acids is 1. The minimum atomic E-state index is -3.84. The van der Waals surface area contributed by atoms with Crippen molar-refractivity contribution in [2.75, 3.05) is 23.9 Å². The van der Waals surface area contributed by atoms with Crippen LogP contribution in [-0.4, -0.2) is 38.9 Å². The van der Waals surface area contributed by atoms with E-state index in [1.165, 1.54) is 4.31 Å². The van der Waals surface area contributed by atoms with Gasteiger partial charge in [0.1, 0.15) is 6.54 Å². The molecule has 1 aliphatic rings. The summed E-state index contributed by atoms with van der Waals surface area (Å²) in [7, 11) is -3.84. The molecule has 6 heteroatoms. The van der Waals surface area contributed by atoms with Crippen LogP contribution in [0.5, 0.6) is 0 Å². The molecule has 144 valence electrons. The van der Waals surface area contributed by atoms with Crippen LogP contribution in [0.3, 0.4) is 0 Å². The smallest absolute Gasteiger partial charge is 0.264 e. The largest absolute Gasteiger partial charge is 0.341 e. The first-order valence-electron chi connectivity index (χ1n) is 9.38. The summed E-state index contributed by atoms with van der Waals surface area (Å²) in [6.45, 7) is 5.13. The quantitative estimate of drug-likeness (QED) is 0.765. The number of benzene rings is 2. The topological polar surface area (TPSA) is 57.7 Å². The van der Waals surface area contributed by atoms with E-state index in [0.717, 1.165) is 24.0 Å². The molecule has 0 spiro atoms. The highest BCUT2D eigenvalue weighted by molar-refractivity contribution is 7.92. The van der Waals surface area contributed by atoms with Crippen molar-refractivity contribution in [3.05, 3.63) is 59.7 Å². The molecule has 0 saturated carbocycles. The Labute approximate surface area is 161 Å². The highest BCUT2D eigenvalue weighted by Crippen LogP contribution is 2.28. The summed E-state index contributed by atoms with van der Waals surface area (Å²) < 4.78 is 28.1.